The summed E-state index contributed by atoms with van der Waals surface area (Å²) in [4.78, 5) is 15.1. The van der Waals surface area contributed by atoms with Crippen LogP contribution < -0.4 is 9.47 Å². The lowest BCUT2D eigenvalue weighted by Gasteiger charge is -2.30. The van der Waals surface area contributed by atoms with Gasteiger partial charge in [0.05, 0.1) is 11.1 Å². The Morgan fingerprint density at radius 1 is 1.27 bits per heavy atom. The summed E-state index contributed by atoms with van der Waals surface area (Å²) in [5, 5.41) is 0. The second-order valence-corrected chi connectivity index (χ2v) is 7.09. The highest BCUT2D eigenvalue weighted by Gasteiger charge is 2.38. The van der Waals surface area contributed by atoms with Crippen molar-refractivity contribution in [3.05, 3.63) is 64.2 Å². The number of ether oxygens (including phenoxy) is 2. The molecule has 0 aromatic heterocycles. The summed E-state index contributed by atoms with van der Waals surface area (Å²) in [5.74, 6) is 0.919. The summed E-state index contributed by atoms with van der Waals surface area (Å²) in [6, 6.07) is 8.82. The molecule has 132 valence electrons. The molecule has 4 nitrogen and oxygen atoms in total. The van der Waals surface area contributed by atoms with Gasteiger partial charge >= 0.3 is 0 Å². The summed E-state index contributed by atoms with van der Waals surface area (Å²) in [5.41, 5.74) is 2.63. The number of aryl methyl sites for hydroxylation is 1. The lowest BCUT2D eigenvalue weighted by molar-refractivity contribution is 0.0867. The van der Waals surface area contributed by atoms with Crippen molar-refractivity contribution in [2.75, 3.05) is 6.73 Å². The van der Waals surface area contributed by atoms with E-state index >= 15 is 0 Å². The van der Waals surface area contributed by atoms with E-state index in [2.05, 4.69) is 4.90 Å². The minimum Gasteiger partial charge on any atom is -0.478 e. The number of ketones is 1. The van der Waals surface area contributed by atoms with E-state index in [4.69, 9.17) is 9.47 Å². The SMILES string of the molecule is Cc1cc2c(c3c1C(=O)/C(=C/c1ccccc1F)O3)CN(C1CC1)CO2. The van der Waals surface area contributed by atoms with Gasteiger partial charge in [-0.15, -0.1) is 0 Å². The van der Waals surface area contributed by atoms with Gasteiger partial charge in [0.1, 0.15) is 24.0 Å². The monoisotopic (exact) mass is 351 g/mol. The Hall–Kier alpha value is -2.66. The number of nitrogens with zero attached hydrogens (tertiary/aromatic N) is 1. The number of hydrogen-bond donors (Lipinski definition) is 0. The van der Waals surface area contributed by atoms with Crippen molar-refractivity contribution in [3.63, 3.8) is 0 Å². The van der Waals surface area contributed by atoms with Crippen molar-refractivity contribution >= 4 is 11.9 Å². The van der Waals surface area contributed by atoms with Crippen LogP contribution in [0.1, 0.15) is 39.9 Å². The lowest BCUT2D eigenvalue weighted by atomic mass is 9.98. The van der Waals surface area contributed by atoms with Crippen molar-refractivity contribution in [2.45, 2.75) is 32.4 Å². The molecule has 5 rings (SSSR count). The van der Waals surface area contributed by atoms with Crippen LogP contribution in [0.2, 0.25) is 0 Å². The van der Waals surface area contributed by atoms with Crippen molar-refractivity contribution in [2.24, 2.45) is 0 Å². The van der Waals surface area contributed by atoms with Crippen molar-refractivity contribution in [1.82, 2.24) is 4.90 Å². The molecule has 0 atom stereocenters. The first-order valence-corrected chi connectivity index (χ1v) is 8.84. The molecule has 0 unspecified atom stereocenters. The summed E-state index contributed by atoms with van der Waals surface area (Å²) in [7, 11) is 0. The van der Waals surface area contributed by atoms with Gasteiger partial charge in [0, 0.05) is 18.2 Å². The third-order valence-electron chi connectivity index (χ3n) is 5.21. The highest BCUT2D eigenvalue weighted by Crippen LogP contribution is 2.45. The largest absolute Gasteiger partial charge is 0.478 e. The van der Waals surface area contributed by atoms with Crippen LogP contribution in [0.5, 0.6) is 11.5 Å². The molecule has 0 spiro atoms. The van der Waals surface area contributed by atoms with Gasteiger partial charge in [0.25, 0.3) is 0 Å². The standard InChI is InChI=1S/C21H18FNO3/c1-12-8-17-15(10-23(11-25-17)14-6-7-14)21-19(12)20(24)18(26-21)9-13-4-2-3-5-16(13)22/h2-5,8-9,14H,6-7,10-11H2,1H3/b18-9-. The Bertz CT molecular complexity index is 962. The highest BCUT2D eigenvalue weighted by molar-refractivity contribution is 6.15. The molecule has 0 N–H and O–H groups in total. The number of Topliss-reactive ketones (excluding diaryl/α,β-unsaturated/α-hetero) is 1. The van der Waals surface area contributed by atoms with E-state index in [1.807, 2.05) is 13.0 Å². The average Bonchev–Trinajstić information content (AvgIpc) is 3.42. The second-order valence-electron chi connectivity index (χ2n) is 7.09. The van der Waals surface area contributed by atoms with E-state index in [9.17, 15) is 9.18 Å². The van der Waals surface area contributed by atoms with Crippen LogP contribution in [0.4, 0.5) is 4.39 Å². The third-order valence-corrected chi connectivity index (χ3v) is 5.21. The molecule has 5 heteroatoms. The van der Waals surface area contributed by atoms with Crippen LogP contribution in [0.3, 0.4) is 0 Å². The van der Waals surface area contributed by atoms with E-state index in [1.165, 1.54) is 25.0 Å². The minimum atomic E-state index is -0.380. The second kappa shape index (κ2) is 5.68. The van der Waals surface area contributed by atoms with Gasteiger partial charge in [-0.2, -0.15) is 0 Å². The molecule has 0 saturated heterocycles. The molecule has 1 saturated carbocycles. The van der Waals surface area contributed by atoms with Crippen LogP contribution in [0.15, 0.2) is 36.1 Å². The van der Waals surface area contributed by atoms with Gasteiger partial charge in [-0.1, -0.05) is 18.2 Å². The zero-order chi connectivity index (χ0) is 17.8. The molecule has 0 radical (unpaired) electrons. The zero-order valence-corrected chi connectivity index (χ0v) is 14.4. The normalized spacial score (nSPS) is 20.5. The van der Waals surface area contributed by atoms with Gasteiger partial charge in [-0.05, 0) is 43.5 Å². The van der Waals surface area contributed by atoms with Crippen molar-refractivity contribution < 1.29 is 18.7 Å². The Balaban J connectivity index is 1.57. The van der Waals surface area contributed by atoms with Crippen molar-refractivity contribution in [1.29, 1.82) is 0 Å². The number of allylic oxidation sites excluding steroid dienone is 1. The maximum atomic E-state index is 14.0. The molecule has 0 bridgehead atoms. The molecule has 2 aromatic carbocycles. The molecule has 26 heavy (non-hydrogen) atoms. The van der Waals surface area contributed by atoms with E-state index in [0.29, 0.717) is 36.2 Å². The van der Waals surface area contributed by atoms with Crippen molar-refractivity contribution in [3.8, 4) is 11.5 Å². The van der Waals surface area contributed by atoms with E-state index in [1.54, 1.807) is 18.2 Å². The topological polar surface area (TPSA) is 38.8 Å². The number of benzene rings is 2. The minimum absolute atomic E-state index is 0.158. The number of hydrogen-bond acceptors (Lipinski definition) is 4. The van der Waals surface area contributed by atoms with Gasteiger partial charge < -0.3 is 9.47 Å². The first-order chi connectivity index (χ1) is 12.6. The first-order valence-electron chi connectivity index (χ1n) is 8.84. The molecule has 2 heterocycles. The molecule has 1 aliphatic carbocycles. The number of fused-ring (bicyclic) bond motifs is 3. The van der Waals surface area contributed by atoms with Crippen LogP contribution in [0.25, 0.3) is 6.08 Å². The maximum Gasteiger partial charge on any atom is 0.232 e. The highest BCUT2D eigenvalue weighted by atomic mass is 19.1. The van der Waals surface area contributed by atoms with Gasteiger partial charge in [-0.25, -0.2) is 4.39 Å². The number of carbonyl (C=O) groups is 1. The fourth-order valence-electron chi connectivity index (χ4n) is 3.65. The van der Waals surface area contributed by atoms with Gasteiger partial charge in [-0.3, -0.25) is 9.69 Å². The summed E-state index contributed by atoms with van der Waals surface area (Å²) in [6.07, 6.45) is 3.85. The predicted octanol–water partition coefficient (Wildman–Crippen LogP) is 4.06. The molecule has 1 fully saturated rings. The maximum absolute atomic E-state index is 14.0. The number of rotatable bonds is 2. The molecular formula is C21H18FNO3. The summed E-state index contributed by atoms with van der Waals surface area (Å²) >= 11 is 0. The smallest absolute Gasteiger partial charge is 0.232 e. The number of halogens is 1. The molecule has 0 amide bonds. The quantitative estimate of drug-likeness (QED) is 0.765. The van der Waals surface area contributed by atoms with Gasteiger partial charge in [0.2, 0.25) is 5.78 Å². The zero-order valence-electron chi connectivity index (χ0n) is 14.4. The average molecular weight is 351 g/mol. The van der Waals surface area contributed by atoms with E-state index in [-0.39, 0.29) is 17.4 Å². The number of carbonyl (C=O) groups excluding carboxylic acids is 1. The Labute approximate surface area is 150 Å². The lowest BCUT2D eigenvalue weighted by Crippen LogP contribution is -2.34. The Kier molecular flexibility index (Phi) is 3.40. The first kappa shape index (κ1) is 15.6. The van der Waals surface area contributed by atoms with Crippen LogP contribution in [-0.4, -0.2) is 23.5 Å². The Morgan fingerprint density at radius 3 is 2.85 bits per heavy atom. The molecule has 2 aliphatic heterocycles. The molecule has 2 aromatic rings. The third kappa shape index (κ3) is 2.42. The summed E-state index contributed by atoms with van der Waals surface area (Å²) in [6.45, 7) is 3.16. The van der Waals surface area contributed by atoms with E-state index < -0.39 is 0 Å². The Morgan fingerprint density at radius 2 is 2.08 bits per heavy atom. The van der Waals surface area contributed by atoms with Crippen LogP contribution >= 0.6 is 0 Å². The van der Waals surface area contributed by atoms with Gasteiger partial charge in [0.15, 0.2) is 5.76 Å². The summed E-state index contributed by atoms with van der Waals surface area (Å²) < 4.78 is 25.8. The molecule has 3 aliphatic rings. The van der Waals surface area contributed by atoms with E-state index in [0.717, 1.165) is 16.9 Å². The van der Waals surface area contributed by atoms with Crippen LogP contribution in [-0.2, 0) is 6.54 Å². The fraction of sp³-hybridized carbons (Fsp3) is 0.286. The van der Waals surface area contributed by atoms with Crippen LogP contribution in [0, 0.1) is 12.7 Å². The predicted molar refractivity (Wildman–Crippen MR) is 94.6 cm³/mol. The fourth-order valence-corrected chi connectivity index (χ4v) is 3.65. The molecular weight excluding hydrogens is 333 g/mol.